The molecule has 0 aliphatic carbocycles. The van der Waals surface area contributed by atoms with Crippen molar-refractivity contribution >= 4 is 34.0 Å². The standard InChI is InChI=1S/C19H21N3O3S/c23-18(7-9-24-12-14-3-1-8-25-14)20-13-5-6-15-16(11-13)22-19(21-15)17-4-2-10-26-17/h2,4-6,10-11,14H,1,3,7-9,12H2,(H,20,23)(H,21,22). The predicted molar refractivity (Wildman–Crippen MR) is 102 cm³/mol. The maximum absolute atomic E-state index is 12.1. The average Bonchev–Trinajstić information content (AvgIpc) is 3.39. The van der Waals surface area contributed by atoms with Gasteiger partial charge in [-0.05, 0) is 42.5 Å². The van der Waals surface area contributed by atoms with Gasteiger partial charge in [-0.2, -0.15) is 0 Å². The summed E-state index contributed by atoms with van der Waals surface area (Å²) in [7, 11) is 0. The number of benzene rings is 1. The van der Waals surface area contributed by atoms with E-state index in [1.807, 2.05) is 35.7 Å². The molecule has 1 amide bonds. The van der Waals surface area contributed by atoms with Crippen molar-refractivity contribution in [2.45, 2.75) is 25.4 Å². The van der Waals surface area contributed by atoms with E-state index < -0.39 is 0 Å². The highest BCUT2D eigenvalue weighted by Gasteiger charge is 2.15. The number of ether oxygens (including phenoxy) is 2. The van der Waals surface area contributed by atoms with Gasteiger partial charge in [-0.1, -0.05) is 6.07 Å². The molecule has 2 aromatic heterocycles. The van der Waals surface area contributed by atoms with Crippen LogP contribution in [-0.2, 0) is 14.3 Å². The minimum absolute atomic E-state index is 0.0605. The van der Waals surface area contributed by atoms with Gasteiger partial charge in [0.2, 0.25) is 5.91 Å². The number of nitrogens with one attached hydrogen (secondary N) is 2. The van der Waals surface area contributed by atoms with Gasteiger partial charge in [-0.25, -0.2) is 4.98 Å². The molecular formula is C19H21N3O3S. The largest absolute Gasteiger partial charge is 0.378 e. The van der Waals surface area contributed by atoms with Crippen LogP contribution in [0, 0.1) is 0 Å². The van der Waals surface area contributed by atoms with Crippen molar-refractivity contribution in [1.82, 2.24) is 9.97 Å². The van der Waals surface area contributed by atoms with Gasteiger partial charge < -0.3 is 19.8 Å². The smallest absolute Gasteiger partial charge is 0.226 e. The second-order valence-electron chi connectivity index (χ2n) is 6.30. The van der Waals surface area contributed by atoms with Gasteiger partial charge in [0.25, 0.3) is 0 Å². The first-order valence-electron chi connectivity index (χ1n) is 8.81. The number of hydrogen-bond donors (Lipinski definition) is 2. The van der Waals surface area contributed by atoms with Gasteiger partial charge in [-0.3, -0.25) is 4.79 Å². The number of nitrogens with zero attached hydrogens (tertiary/aromatic N) is 1. The molecule has 1 aromatic carbocycles. The van der Waals surface area contributed by atoms with Crippen molar-refractivity contribution in [3.63, 3.8) is 0 Å². The first kappa shape index (κ1) is 17.2. The van der Waals surface area contributed by atoms with E-state index in [-0.39, 0.29) is 12.0 Å². The zero-order valence-corrected chi connectivity index (χ0v) is 15.2. The van der Waals surface area contributed by atoms with Gasteiger partial charge in [0.1, 0.15) is 5.82 Å². The number of thiophene rings is 1. The lowest BCUT2D eigenvalue weighted by Crippen LogP contribution is -2.18. The topological polar surface area (TPSA) is 76.2 Å². The quantitative estimate of drug-likeness (QED) is 0.619. The third-order valence-corrected chi connectivity index (χ3v) is 5.20. The summed E-state index contributed by atoms with van der Waals surface area (Å²) in [6, 6.07) is 9.71. The summed E-state index contributed by atoms with van der Waals surface area (Å²) in [5, 5.41) is 4.93. The minimum Gasteiger partial charge on any atom is -0.378 e. The van der Waals surface area contributed by atoms with E-state index in [2.05, 4.69) is 15.3 Å². The van der Waals surface area contributed by atoms with E-state index in [0.29, 0.717) is 19.6 Å². The Labute approximate surface area is 155 Å². The molecule has 136 valence electrons. The number of rotatable bonds is 7. The molecule has 0 bridgehead atoms. The van der Waals surface area contributed by atoms with Crippen molar-refractivity contribution in [3.05, 3.63) is 35.7 Å². The van der Waals surface area contributed by atoms with E-state index in [1.54, 1.807) is 11.3 Å². The Hall–Kier alpha value is -2.22. The molecule has 1 atom stereocenters. The molecular weight excluding hydrogens is 350 g/mol. The number of aromatic amines is 1. The van der Waals surface area contributed by atoms with Crippen LogP contribution in [-0.4, -0.2) is 41.8 Å². The van der Waals surface area contributed by atoms with Gasteiger partial charge in [0.05, 0.1) is 41.6 Å². The molecule has 26 heavy (non-hydrogen) atoms. The fourth-order valence-electron chi connectivity index (χ4n) is 3.00. The molecule has 1 aliphatic rings. The number of aromatic nitrogens is 2. The van der Waals surface area contributed by atoms with Crippen molar-refractivity contribution in [2.24, 2.45) is 0 Å². The number of hydrogen-bond acceptors (Lipinski definition) is 5. The van der Waals surface area contributed by atoms with E-state index in [0.717, 1.165) is 46.9 Å². The normalized spacial score (nSPS) is 17.0. The molecule has 4 rings (SSSR count). The van der Waals surface area contributed by atoms with Crippen LogP contribution in [0.1, 0.15) is 19.3 Å². The number of carbonyl (C=O) groups excluding carboxylic acids is 1. The fraction of sp³-hybridized carbons (Fsp3) is 0.368. The van der Waals surface area contributed by atoms with Gasteiger partial charge in [-0.15, -0.1) is 11.3 Å². The molecule has 7 heteroatoms. The van der Waals surface area contributed by atoms with Crippen LogP contribution in [0.25, 0.3) is 21.7 Å². The molecule has 0 saturated carbocycles. The number of anilines is 1. The molecule has 2 N–H and O–H groups in total. The first-order valence-corrected chi connectivity index (χ1v) is 9.69. The number of H-pyrrole nitrogens is 1. The van der Waals surface area contributed by atoms with Crippen molar-refractivity contribution in [2.75, 3.05) is 25.1 Å². The van der Waals surface area contributed by atoms with Crippen LogP contribution in [0.5, 0.6) is 0 Å². The van der Waals surface area contributed by atoms with Crippen molar-refractivity contribution in [1.29, 1.82) is 0 Å². The lowest BCUT2D eigenvalue weighted by Gasteiger charge is -2.10. The SMILES string of the molecule is O=C(CCOCC1CCCO1)Nc1ccc2nc(-c3cccs3)[nH]c2c1. The summed E-state index contributed by atoms with van der Waals surface area (Å²) >= 11 is 1.64. The summed E-state index contributed by atoms with van der Waals surface area (Å²) in [6.45, 7) is 1.79. The Morgan fingerprint density at radius 2 is 2.38 bits per heavy atom. The molecule has 3 aromatic rings. The molecule has 1 fully saturated rings. The van der Waals surface area contributed by atoms with Crippen LogP contribution in [0.2, 0.25) is 0 Å². The third-order valence-electron chi connectivity index (χ3n) is 4.32. The Bertz CT molecular complexity index is 869. The Morgan fingerprint density at radius 3 is 3.19 bits per heavy atom. The molecule has 1 saturated heterocycles. The highest BCUT2D eigenvalue weighted by Crippen LogP contribution is 2.26. The van der Waals surface area contributed by atoms with Crippen LogP contribution in [0.15, 0.2) is 35.7 Å². The second-order valence-corrected chi connectivity index (χ2v) is 7.25. The van der Waals surface area contributed by atoms with E-state index >= 15 is 0 Å². The van der Waals surface area contributed by atoms with Crippen LogP contribution in [0.3, 0.4) is 0 Å². The summed E-state index contributed by atoms with van der Waals surface area (Å²) in [5.41, 5.74) is 2.54. The molecule has 6 nitrogen and oxygen atoms in total. The number of imidazole rings is 1. The number of carbonyl (C=O) groups is 1. The van der Waals surface area contributed by atoms with Gasteiger partial charge in [0.15, 0.2) is 0 Å². The minimum atomic E-state index is -0.0605. The number of fused-ring (bicyclic) bond motifs is 1. The summed E-state index contributed by atoms with van der Waals surface area (Å²) in [4.78, 5) is 21.1. The fourth-order valence-corrected chi connectivity index (χ4v) is 3.67. The van der Waals surface area contributed by atoms with Crippen LogP contribution >= 0.6 is 11.3 Å². The third kappa shape index (κ3) is 4.12. The monoisotopic (exact) mass is 371 g/mol. The molecule has 3 heterocycles. The van der Waals surface area contributed by atoms with E-state index in [4.69, 9.17) is 9.47 Å². The van der Waals surface area contributed by atoms with Gasteiger partial charge in [0, 0.05) is 12.3 Å². The Morgan fingerprint density at radius 1 is 1.42 bits per heavy atom. The van der Waals surface area contributed by atoms with Crippen LogP contribution < -0.4 is 5.32 Å². The number of amides is 1. The highest BCUT2D eigenvalue weighted by molar-refractivity contribution is 7.13. The Kier molecular flexibility index (Phi) is 5.29. The Balaban J connectivity index is 1.31. The predicted octanol–water partition coefficient (Wildman–Crippen LogP) is 3.82. The highest BCUT2D eigenvalue weighted by atomic mass is 32.1. The average molecular weight is 371 g/mol. The second kappa shape index (κ2) is 7.99. The maximum atomic E-state index is 12.1. The zero-order valence-electron chi connectivity index (χ0n) is 14.4. The summed E-state index contributed by atoms with van der Waals surface area (Å²) in [6.07, 6.45) is 2.66. The van der Waals surface area contributed by atoms with Crippen molar-refractivity contribution in [3.8, 4) is 10.7 Å². The van der Waals surface area contributed by atoms with Gasteiger partial charge >= 0.3 is 0 Å². The molecule has 0 radical (unpaired) electrons. The first-order chi connectivity index (χ1) is 12.8. The van der Waals surface area contributed by atoms with E-state index in [1.165, 1.54) is 0 Å². The lowest BCUT2D eigenvalue weighted by atomic mass is 10.2. The van der Waals surface area contributed by atoms with Crippen molar-refractivity contribution < 1.29 is 14.3 Å². The molecule has 1 unspecified atom stereocenters. The lowest BCUT2D eigenvalue weighted by molar-refractivity contribution is -0.117. The summed E-state index contributed by atoms with van der Waals surface area (Å²) < 4.78 is 11.0. The van der Waals surface area contributed by atoms with E-state index in [9.17, 15) is 4.79 Å². The maximum Gasteiger partial charge on any atom is 0.226 e. The molecule has 1 aliphatic heterocycles. The van der Waals surface area contributed by atoms with Crippen LogP contribution in [0.4, 0.5) is 5.69 Å². The molecule has 0 spiro atoms. The zero-order chi connectivity index (χ0) is 17.8. The summed E-state index contributed by atoms with van der Waals surface area (Å²) in [5.74, 6) is 0.788.